The lowest BCUT2D eigenvalue weighted by atomic mass is 10.2. The quantitative estimate of drug-likeness (QED) is 0.810. The fraction of sp³-hybridized carbons (Fsp3) is 0.0909. The number of thiol groups is 1. The van der Waals surface area contributed by atoms with Gasteiger partial charge in [0.05, 0.1) is 5.69 Å². The molecule has 76 valence electrons. The van der Waals surface area contributed by atoms with E-state index in [9.17, 15) is 4.79 Å². The third-order valence-corrected chi connectivity index (χ3v) is 3.59. The van der Waals surface area contributed by atoms with Gasteiger partial charge in [-0.15, -0.1) is 11.3 Å². The second kappa shape index (κ2) is 4.16. The number of nitrogens with zero attached hydrogens (tertiary/aromatic N) is 1. The second-order valence-corrected chi connectivity index (χ2v) is 4.51. The molecule has 2 aromatic rings. The molecule has 0 bridgehead atoms. The summed E-state index contributed by atoms with van der Waals surface area (Å²) in [5.74, 6) is 0. The molecule has 0 saturated carbocycles. The zero-order chi connectivity index (χ0) is 10.8. The fourth-order valence-corrected chi connectivity index (χ4v) is 2.51. The topological polar surface area (TPSA) is 30.0 Å². The number of rotatable bonds is 2. The van der Waals surface area contributed by atoms with Crippen molar-refractivity contribution in [2.75, 3.05) is 0 Å². The molecule has 0 fully saturated rings. The van der Waals surface area contributed by atoms with Crippen LogP contribution in [0.5, 0.6) is 0 Å². The van der Waals surface area contributed by atoms with E-state index in [0.29, 0.717) is 4.88 Å². The minimum Gasteiger partial charge on any atom is -0.281 e. The maximum absolute atomic E-state index is 11.1. The van der Waals surface area contributed by atoms with E-state index < -0.39 is 0 Å². The molecule has 2 nitrogen and oxygen atoms in total. The van der Waals surface area contributed by atoms with Gasteiger partial charge in [0, 0.05) is 5.56 Å². The fourth-order valence-electron chi connectivity index (χ4n) is 1.30. The van der Waals surface area contributed by atoms with E-state index in [1.54, 1.807) is 0 Å². The van der Waals surface area contributed by atoms with E-state index >= 15 is 0 Å². The summed E-state index contributed by atoms with van der Waals surface area (Å²) < 4.78 is 0. The molecule has 0 N–H and O–H groups in total. The van der Waals surface area contributed by atoms with Gasteiger partial charge >= 0.3 is 0 Å². The molecule has 0 aliphatic rings. The average Bonchev–Trinajstić information content (AvgIpc) is 2.62. The first-order valence-corrected chi connectivity index (χ1v) is 5.71. The highest BCUT2D eigenvalue weighted by atomic mass is 32.1. The van der Waals surface area contributed by atoms with Crippen molar-refractivity contribution in [2.45, 2.75) is 6.92 Å². The van der Waals surface area contributed by atoms with Gasteiger partial charge in [-0.2, -0.15) is 0 Å². The highest BCUT2D eigenvalue weighted by molar-refractivity contribution is 7.97. The number of thiazole rings is 1. The van der Waals surface area contributed by atoms with Crippen LogP contribution in [0.25, 0.3) is 10.6 Å². The van der Waals surface area contributed by atoms with Crippen LogP contribution >= 0.6 is 24.0 Å². The number of aromatic nitrogens is 1. The Hall–Kier alpha value is -1.13. The lowest BCUT2D eigenvalue weighted by Crippen LogP contribution is -1.86. The number of hydrogen-bond acceptors (Lipinski definition) is 3. The Bertz CT molecular complexity index is 491. The Morgan fingerprint density at radius 3 is 2.53 bits per heavy atom. The van der Waals surface area contributed by atoms with E-state index in [0.717, 1.165) is 16.3 Å². The van der Waals surface area contributed by atoms with Crippen molar-refractivity contribution in [1.29, 1.82) is 0 Å². The summed E-state index contributed by atoms with van der Waals surface area (Å²) in [6, 6.07) is 9.81. The first-order valence-electron chi connectivity index (χ1n) is 4.44. The third kappa shape index (κ3) is 2.11. The molecule has 1 aromatic carbocycles. The van der Waals surface area contributed by atoms with Gasteiger partial charge in [-0.05, 0) is 6.92 Å². The molecule has 2 rings (SSSR count). The van der Waals surface area contributed by atoms with Crippen LogP contribution in [-0.2, 0) is 0 Å². The molecule has 15 heavy (non-hydrogen) atoms. The second-order valence-electron chi connectivity index (χ2n) is 3.10. The van der Waals surface area contributed by atoms with Gasteiger partial charge in [0.25, 0.3) is 0 Å². The molecule has 0 aliphatic carbocycles. The van der Waals surface area contributed by atoms with Gasteiger partial charge in [0.15, 0.2) is 0 Å². The van der Waals surface area contributed by atoms with Gasteiger partial charge in [0.1, 0.15) is 9.88 Å². The minimum atomic E-state index is -0.216. The first kappa shape index (κ1) is 10.4. The molecule has 0 unspecified atom stereocenters. The molecule has 1 aromatic heterocycles. The number of hydrogen-bond donors (Lipinski definition) is 1. The predicted molar refractivity (Wildman–Crippen MR) is 65.6 cm³/mol. The van der Waals surface area contributed by atoms with Crippen LogP contribution in [0.4, 0.5) is 0 Å². The van der Waals surface area contributed by atoms with Crippen LogP contribution in [-0.4, -0.2) is 10.1 Å². The summed E-state index contributed by atoms with van der Waals surface area (Å²) in [5, 5.41) is 0.651. The lowest BCUT2D eigenvalue weighted by Gasteiger charge is -1.92. The zero-order valence-corrected chi connectivity index (χ0v) is 9.81. The van der Waals surface area contributed by atoms with Gasteiger partial charge in [-0.25, -0.2) is 4.98 Å². The van der Waals surface area contributed by atoms with Crippen LogP contribution in [0.3, 0.4) is 0 Å². The number of benzene rings is 1. The van der Waals surface area contributed by atoms with E-state index in [4.69, 9.17) is 0 Å². The minimum absolute atomic E-state index is 0.216. The number of carbonyl (C=O) groups is 1. The summed E-state index contributed by atoms with van der Waals surface area (Å²) in [6.45, 7) is 1.83. The Morgan fingerprint density at radius 2 is 2.00 bits per heavy atom. The normalized spacial score (nSPS) is 10.3. The summed E-state index contributed by atoms with van der Waals surface area (Å²) in [7, 11) is 0. The van der Waals surface area contributed by atoms with Crippen LogP contribution in [0, 0.1) is 6.92 Å². The Balaban J connectivity index is 2.48. The summed E-state index contributed by atoms with van der Waals surface area (Å²) in [4.78, 5) is 16.1. The van der Waals surface area contributed by atoms with E-state index in [1.165, 1.54) is 11.3 Å². The molecule has 0 atom stereocenters. The van der Waals surface area contributed by atoms with Gasteiger partial charge < -0.3 is 0 Å². The molecule has 4 heteroatoms. The van der Waals surface area contributed by atoms with Crippen molar-refractivity contribution in [2.24, 2.45) is 0 Å². The maximum atomic E-state index is 11.1. The molecule has 0 aliphatic heterocycles. The van der Waals surface area contributed by atoms with Crippen LogP contribution in [0.1, 0.15) is 15.4 Å². The third-order valence-electron chi connectivity index (χ3n) is 2.01. The van der Waals surface area contributed by atoms with Crippen LogP contribution < -0.4 is 0 Å². The summed E-state index contributed by atoms with van der Waals surface area (Å²) >= 11 is 5.20. The molecule has 0 amide bonds. The van der Waals surface area contributed by atoms with Gasteiger partial charge in [-0.3, -0.25) is 4.79 Å². The number of carbonyl (C=O) groups excluding carboxylic acids is 1. The van der Waals surface area contributed by atoms with Crippen molar-refractivity contribution in [3.8, 4) is 10.6 Å². The van der Waals surface area contributed by atoms with E-state index in [2.05, 4.69) is 17.6 Å². The Morgan fingerprint density at radius 1 is 1.33 bits per heavy atom. The van der Waals surface area contributed by atoms with Crippen molar-refractivity contribution in [3.63, 3.8) is 0 Å². The highest BCUT2D eigenvalue weighted by Crippen LogP contribution is 2.28. The maximum Gasteiger partial charge on any atom is 0.228 e. The summed E-state index contributed by atoms with van der Waals surface area (Å²) in [5.41, 5.74) is 1.78. The van der Waals surface area contributed by atoms with Crippen LogP contribution in [0.15, 0.2) is 30.3 Å². The molecule has 0 radical (unpaired) electrons. The van der Waals surface area contributed by atoms with Crippen molar-refractivity contribution in [3.05, 3.63) is 40.9 Å². The zero-order valence-electron chi connectivity index (χ0n) is 8.10. The van der Waals surface area contributed by atoms with Gasteiger partial charge in [-0.1, -0.05) is 43.0 Å². The number of aryl methyl sites for hydroxylation is 1. The van der Waals surface area contributed by atoms with Crippen molar-refractivity contribution < 1.29 is 4.79 Å². The highest BCUT2D eigenvalue weighted by Gasteiger charge is 2.12. The van der Waals surface area contributed by atoms with Crippen molar-refractivity contribution in [1.82, 2.24) is 4.98 Å². The average molecular weight is 235 g/mol. The van der Waals surface area contributed by atoms with Crippen LogP contribution in [0.2, 0.25) is 0 Å². The molecular formula is C11H9NOS2. The molecule has 0 spiro atoms. The Kier molecular flexibility index (Phi) is 2.88. The van der Waals surface area contributed by atoms with E-state index in [-0.39, 0.29) is 5.12 Å². The van der Waals surface area contributed by atoms with E-state index in [1.807, 2.05) is 37.3 Å². The van der Waals surface area contributed by atoms with Crippen molar-refractivity contribution >= 4 is 29.1 Å². The standard InChI is InChI=1S/C11H9NOS2/c1-7-9(11(13)14)15-10(12-7)8-5-3-2-4-6-8/h2-6H,1H3,(H,13,14). The monoisotopic (exact) mass is 235 g/mol. The summed E-state index contributed by atoms with van der Waals surface area (Å²) in [6.07, 6.45) is 0. The Labute approximate surface area is 97.4 Å². The molecular weight excluding hydrogens is 226 g/mol. The smallest absolute Gasteiger partial charge is 0.228 e. The first-order chi connectivity index (χ1) is 7.18. The lowest BCUT2D eigenvalue weighted by molar-refractivity contribution is 0.109. The molecule has 0 saturated heterocycles. The SMILES string of the molecule is Cc1nc(-c2ccccc2)sc1C(=O)S. The molecule has 1 heterocycles. The van der Waals surface area contributed by atoms with Gasteiger partial charge in [0.2, 0.25) is 5.12 Å². The largest absolute Gasteiger partial charge is 0.281 e. The predicted octanol–water partition coefficient (Wildman–Crippen LogP) is 3.19.